The Balaban J connectivity index is 2.13. The molecular weight excluding hydrogens is 188 g/mol. The zero-order valence-corrected chi connectivity index (χ0v) is 9.14. The molecule has 80 valence electrons. The summed E-state index contributed by atoms with van der Waals surface area (Å²) in [4.78, 5) is 11.7. The maximum Gasteiger partial charge on any atom is 0.164 e. The number of rotatable bonds is 2. The third kappa shape index (κ3) is 2.10. The lowest BCUT2D eigenvalue weighted by atomic mass is 10.0. The molecule has 0 amide bonds. The van der Waals surface area contributed by atoms with E-state index >= 15 is 0 Å². The molecule has 1 heterocycles. The fraction of sp³-hybridized carbons (Fsp3) is 0.462. The van der Waals surface area contributed by atoms with Crippen LogP contribution in [0.2, 0.25) is 0 Å². The minimum Gasteiger partial charge on any atom is -0.362 e. The molecule has 0 aliphatic carbocycles. The summed E-state index contributed by atoms with van der Waals surface area (Å²) in [6.07, 6.45) is 0.272. The first-order chi connectivity index (χ1) is 7.18. The number of Topliss-reactive ketones (excluding diaryl/α,β-unsaturated/α-hetero) is 1. The molecule has 2 rings (SSSR count). The first-order valence-electron chi connectivity index (χ1n) is 5.41. The number of benzene rings is 1. The highest BCUT2D eigenvalue weighted by atomic mass is 16.5. The third-order valence-corrected chi connectivity index (χ3v) is 2.79. The highest BCUT2D eigenvalue weighted by Crippen LogP contribution is 2.32. The van der Waals surface area contributed by atoms with Crippen LogP contribution in [0.5, 0.6) is 0 Å². The number of hydrogen-bond donors (Lipinski definition) is 0. The van der Waals surface area contributed by atoms with Crippen molar-refractivity contribution >= 4 is 5.78 Å². The zero-order valence-electron chi connectivity index (χ0n) is 9.14. The first kappa shape index (κ1) is 10.4. The van der Waals surface area contributed by atoms with E-state index in [1.54, 1.807) is 0 Å². The summed E-state index contributed by atoms with van der Waals surface area (Å²) in [7, 11) is 0. The Labute approximate surface area is 90.3 Å². The summed E-state index contributed by atoms with van der Waals surface area (Å²) in [5, 5.41) is 0. The molecule has 0 radical (unpaired) electrons. The normalized spacial score (nSPS) is 26.2. The highest BCUT2D eigenvalue weighted by molar-refractivity contribution is 5.85. The average molecular weight is 204 g/mol. The van der Waals surface area contributed by atoms with Gasteiger partial charge in [-0.1, -0.05) is 44.2 Å². The summed E-state index contributed by atoms with van der Waals surface area (Å²) in [6, 6.07) is 9.96. The minimum absolute atomic E-state index is 0.0360. The van der Waals surface area contributed by atoms with Crippen molar-refractivity contribution in [2.75, 3.05) is 0 Å². The largest absolute Gasteiger partial charge is 0.362 e. The summed E-state index contributed by atoms with van der Waals surface area (Å²) in [5.74, 6) is 0.505. The van der Waals surface area contributed by atoms with E-state index in [1.165, 1.54) is 0 Å². The lowest BCUT2D eigenvalue weighted by molar-refractivity contribution is -0.124. The fourth-order valence-corrected chi connectivity index (χ4v) is 1.99. The van der Waals surface area contributed by atoms with Gasteiger partial charge in [-0.25, -0.2) is 0 Å². The van der Waals surface area contributed by atoms with Crippen LogP contribution in [-0.2, 0) is 9.53 Å². The van der Waals surface area contributed by atoms with Crippen LogP contribution in [-0.4, -0.2) is 11.9 Å². The van der Waals surface area contributed by atoms with Crippen LogP contribution in [0.15, 0.2) is 30.3 Å². The topological polar surface area (TPSA) is 26.3 Å². The molecular formula is C13H16O2. The molecule has 0 N–H and O–H groups in total. The van der Waals surface area contributed by atoms with E-state index in [0.29, 0.717) is 6.42 Å². The number of ether oxygens (including phenoxy) is 1. The summed E-state index contributed by atoms with van der Waals surface area (Å²) in [5.41, 5.74) is 1.11. The van der Waals surface area contributed by atoms with Crippen LogP contribution in [0, 0.1) is 5.92 Å². The lowest BCUT2D eigenvalue weighted by Gasteiger charge is -2.15. The summed E-state index contributed by atoms with van der Waals surface area (Å²) >= 11 is 0. The smallest absolute Gasteiger partial charge is 0.164 e. The van der Waals surface area contributed by atoms with Crippen LogP contribution in [0.25, 0.3) is 0 Å². The van der Waals surface area contributed by atoms with Crippen molar-refractivity contribution in [1.29, 1.82) is 0 Å². The molecule has 0 unspecified atom stereocenters. The second kappa shape index (κ2) is 4.15. The number of ketones is 1. The molecule has 0 spiro atoms. The van der Waals surface area contributed by atoms with E-state index in [1.807, 2.05) is 44.2 Å². The number of carbonyl (C=O) groups excluding carboxylic acids is 1. The molecule has 1 aromatic carbocycles. The molecule has 0 saturated carbocycles. The molecule has 2 atom stereocenters. The minimum atomic E-state index is -0.213. The molecule has 1 aromatic rings. The lowest BCUT2D eigenvalue weighted by Crippen LogP contribution is -2.21. The van der Waals surface area contributed by atoms with E-state index in [-0.39, 0.29) is 23.9 Å². The monoisotopic (exact) mass is 204 g/mol. The predicted octanol–water partition coefficient (Wildman–Crippen LogP) is 2.74. The van der Waals surface area contributed by atoms with Gasteiger partial charge in [-0.15, -0.1) is 0 Å². The van der Waals surface area contributed by atoms with E-state index < -0.39 is 0 Å². The Bertz CT molecular complexity index is 343. The third-order valence-electron chi connectivity index (χ3n) is 2.79. The molecule has 15 heavy (non-hydrogen) atoms. The Morgan fingerprint density at radius 2 is 1.93 bits per heavy atom. The second-order valence-corrected chi connectivity index (χ2v) is 4.37. The van der Waals surface area contributed by atoms with Crippen LogP contribution in [0.3, 0.4) is 0 Å². The van der Waals surface area contributed by atoms with Gasteiger partial charge in [-0.3, -0.25) is 4.79 Å². The molecule has 1 saturated heterocycles. The molecule has 2 heteroatoms. The van der Waals surface area contributed by atoms with Crippen molar-refractivity contribution in [3.05, 3.63) is 35.9 Å². The molecule has 0 bridgehead atoms. The fourth-order valence-electron chi connectivity index (χ4n) is 1.99. The summed E-state index contributed by atoms with van der Waals surface area (Å²) in [6.45, 7) is 4.05. The van der Waals surface area contributed by atoms with Crippen molar-refractivity contribution in [3.8, 4) is 0 Å². The maximum absolute atomic E-state index is 11.7. The zero-order chi connectivity index (χ0) is 10.8. The second-order valence-electron chi connectivity index (χ2n) is 4.37. The van der Waals surface area contributed by atoms with Gasteiger partial charge < -0.3 is 4.74 Å². The van der Waals surface area contributed by atoms with Gasteiger partial charge in [0.05, 0.1) is 6.10 Å². The van der Waals surface area contributed by atoms with Crippen molar-refractivity contribution < 1.29 is 9.53 Å². The summed E-state index contributed by atoms with van der Waals surface area (Å²) < 4.78 is 5.77. The Morgan fingerprint density at radius 1 is 1.27 bits per heavy atom. The van der Waals surface area contributed by atoms with Gasteiger partial charge in [0.15, 0.2) is 5.78 Å². The van der Waals surface area contributed by atoms with Crippen molar-refractivity contribution in [3.63, 3.8) is 0 Å². The van der Waals surface area contributed by atoms with Crippen LogP contribution >= 0.6 is 0 Å². The molecule has 0 aromatic heterocycles. The van der Waals surface area contributed by atoms with Crippen molar-refractivity contribution in [2.45, 2.75) is 32.5 Å². The van der Waals surface area contributed by atoms with Gasteiger partial charge in [-0.2, -0.15) is 0 Å². The molecule has 2 nitrogen and oxygen atoms in total. The van der Waals surface area contributed by atoms with Gasteiger partial charge in [0.2, 0.25) is 0 Å². The van der Waals surface area contributed by atoms with E-state index in [0.717, 1.165) is 5.56 Å². The number of hydrogen-bond acceptors (Lipinski definition) is 2. The van der Waals surface area contributed by atoms with Crippen LogP contribution < -0.4 is 0 Å². The predicted molar refractivity (Wildman–Crippen MR) is 58.5 cm³/mol. The SMILES string of the molecule is CC(C)[C@@H]1O[C@H](c2ccccc2)CC1=O. The van der Waals surface area contributed by atoms with Crippen molar-refractivity contribution in [2.24, 2.45) is 5.92 Å². The Morgan fingerprint density at radius 3 is 2.47 bits per heavy atom. The van der Waals surface area contributed by atoms with Gasteiger partial charge in [-0.05, 0) is 11.5 Å². The van der Waals surface area contributed by atoms with Gasteiger partial charge >= 0.3 is 0 Å². The van der Waals surface area contributed by atoms with Gasteiger partial charge in [0, 0.05) is 6.42 Å². The van der Waals surface area contributed by atoms with Crippen molar-refractivity contribution in [1.82, 2.24) is 0 Å². The van der Waals surface area contributed by atoms with Gasteiger partial charge in [0.1, 0.15) is 6.10 Å². The molecule has 1 aliphatic rings. The molecule has 1 fully saturated rings. The van der Waals surface area contributed by atoms with Crippen LogP contribution in [0.4, 0.5) is 0 Å². The Hall–Kier alpha value is -1.15. The Kier molecular flexibility index (Phi) is 2.87. The highest BCUT2D eigenvalue weighted by Gasteiger charge is 2.35. The van der Waals surface area contributed by atoms with E-state index in [4.69, 9.17) is 4.74 Å². The van der Waals surface area contributed by atoms with E-state index in [2.05, 4.69) is 0 Å². The molecule has 1 aliphatic heterocycles. The first-order valence-corrected chi connectivity index (χ1v) is 5.41. The quantitative estimate of drug-likeness (QED) is 0.740. The standard InChI is InChI=1S/C13H16O2/c1-9(2)13-11(14)8-12(15-13)10-6-4-3-5-7-10/h3-7,9,12-13H,8H2,1-2H3/t12-,13-/m0/s1. The number of carbonyl (C=O) groups is 1. The van der Waals surface area contributed by atoms with E-state index in [9.17, 15) is 4.79 Å². The average Bonchev–Trinajstić information content (AvgIpc) is 2.62. The van der Waals surface area contributed by atoms with Crippen LogP contribution in [0.1, 0.15) is 31.9 Å². The van der Waals surface area contributed by atoms with Gasteiger partial charge in [0.25, 0.3) is 0 Å². The maximum atomic E-state index is 11.7.